The molecule has 0 saturated heterocycles. The standard InChI is InChI=1S/C16H19N3O2/c20-14(11-21-15-4-2-1-3-5-15)9-19-7-6-13-8-17-12-18-16(13)10-19/h1-5,8,12,14,20H,6-7,9-11H2/t14-/m1/s1. The molecule has 0 unspecified atom stereocenters. The van der Waals surface area contributed by atoms with Gasteiger partial charge in [-0.25, -0.2) is 9.97 Å². The number of hydrogen-bond donors (Lipinski definition) is 1. The van der Waals surface area contributed by atoms with Gasteiger partial charge in [-0.2, -0.15) is 0 Å². The van der Waals surface area contributed by atoms with Crippen LogP contribution in [-0.2, 0) is 13.0 Å². The molecule has 21 heavy (non-hydrogen) atoms. The molecule has 0 radical (unpaired) electrons. The van der Waals surface area contributed by atoms with E-state index >= 15 is 0 Å². The van der Waals surface area contributed by atoms with Crippen LogP contribution in [0.25, 0.3) is 0 Å². The molecule has 0 fully saturated rings. The average molecular weight is 285 g/mol. The first-order chi connectivity index (χ1) is 10.3. The zero-order chi connectivity index (χ0) is 14.5. The zero-order valence-corrected chi connectivity index (χ0v) is 11.9. The molecule has 1 aliphatic heterocycles. The summed E-state index contributed by atoms with van der Waals surface area (Å²) in [5.74, 6) is 0.785. The van der Waals surface area contributed by atoms with E-state index in [-0.39, 0.29) is 0 Å². The number of hydrogen-bond acceptors (Lipinski definition) is 5. The van der Waals surface area contributed by atoms with Crippen molar-refractivity contribution in [2.24, 2.45) is 0 Å². The Kier molecular flexibility index (Phi) is 4.43. The van der Waals surface area contributed by atoms with E-state index in [0.29, 0.717) is 13.2 Å². The average Bonchev–Trinajstić information content (AvgIpc) is 2.54. The molecule has 0 spiro atoms. The fourth-order valence-corrected chi connectivity index (χ4v) is 2.52. The highest BCUT2D eigenvalue weighted by Crippen LogP contribution is 2.15. The quantitative estimate of drug-likeness (QED) is 0.896. The number of aliphatic hydroxyl groups excluding tert-OH is 1. The maximum absolute atomic E-state index is 10.1. The molecule has 1 aromatic heterocycles. The van der Waals surface area contributed by atoms with Crippen LogP contribution in [0.1, 0.15) is 11.3 Å². The molecule has 0 saturated carbocycles. The third-order valence-corrected chi connectivity index (χ3v) is 3.61. The minimum Gasteiger partial charge on any atom is -0.491 e. The first-order valence-electron chi connectivity index (χ1n) is 7.17. The van der Waals surface area contributed by atoms with Crippen LogP contribution in [0.2, 0.25) is 0 Å². The van der Waals surface area contributed by atoms with Crippen LogP contribution >= 0.6 is 0 Å². The van der Waals surface area contributed by atoms with E-state index in [2.05, 4.69) is 14.9 Å². The highest BCUT2D eigenvalue weighted by Gasteiger charge is 2.19. The van der Waals surface area contributed by atoms with Crippen molar-refractivity contribution in [3.8, 4) is 5.75 Å². The van der Waals surface area contributed by atoms with Gasteiger partial charge in [0.1, 0.15) is 24.8 Å². The number of benzene rings is 1. The number of ether oxygens (including phenoxy) is 1. The van der Waals surface area contributed by atoms with Crippen molar-refractivity contribution in [3.63, 3.8) is 0 Å². The van der Waals surface area contributed by atoms with Crippen LogP contribution in [0, 0.1) is 0 Å². The molecule has 2 heterocycles. The number of aromatic nitrogens is 2. The highest BCUT2D eigenvalue weighted by molar-refractivity contribution is 5.21. The van der Waals surface area contributed by atoms with Crippen LogP contribution in [0.15, 0.2) is 42.9 Å². The number of para-hydroxylation sites is 1. The fraction of sp³-hybridized carbons (Fsp3) is 0.375. The zero-order valence-electron chi connectivity index (χ0n) is 11.9. The second-order valence-electron chi connectivity index (χ2n) is 5.26. The van der Waals surface area contributed by atoms with Gasteiger partial charge in [0.05, 0.1) is 5.69 Å². The van der Waals surface area contributed by atoms with Gasteiger partial charge < -0.3 is 9.84 Å². The summed E-state index contributed by atoms with van der Waals surface area (Å²) in [5, 5.41) is 10.1. The van der Waals surface area contributed by atoms with Crippen LogP contribution < -0.4 is 4.74 Å². The van der Waals surface area contributed by atoms with E-state index in [1.807, 2.05) is 36.5 Å². The monoisotopic (exact) mass is 285 g/mol. The van der Waals surface area contributed by atoms with Gasteiger partial charge in [0.15, 0.2) is 0 Å². The smallest absolute Gasteiger partial charge is 0.119 e. The molecule has 0 amide bonds. The Bertz CT molecular complexity index is 577. The Morgan fingerprint density at radius 2 is 2.14 bits per heavy atom. The lowest BCUT2D eigenvalue weighted by Gasteiger charge is -2.29. The van der Waals surface area contributed by atoms with Gasteiger partial charge in [-0.15, -0.1) is 0 Å². The first kappa shape index (κ1) is 14.0. The molecular formula is C16H19N3O2. The third-order valence-electron chi connectivity index (χ3n) is 3.61. The molecule has 5 heteroatoms. The van der Waals surface area contributed by atoms with Crippen molar-refractivity contribution >= 4 is 0 Å². The summed E-state index contributed by atoms with van der Waals surface area (Å²) >= 11 is 0. The first-order valence-corrected chi connectivity index (χ1v) is 7.17. The Hall–Kier alpha value is -1.98. The highest BCUT2D eigenvalue weighted by atomic mass is 16.5. The van der Waals surface area contributed by atoms with Gasteiger partial charge in [0.2, 0.25) is 0 Å². The minimum absolute atomic E-state index is 0.303. The molecule has 3 rings (SSSR count). The molecule has 5 nitrogen and oxygen atoms in total. The van der Waals surface area contributed by atoms with Crippen LogP contribution in [0.5, 0.6) is 5.75 Å². The van der Waals surface area contributed by atoms with E-state index in [9.17, 15) is 5.11 Å². The van der Waals surface area contributed by atoms with Crippen LogP contribution in [0.3, 0.4) is 0 Å². The lowest BCUT2D eigenvalue weighted by atomic mass is 10.1. The number of fused-ring (bicyclic) bond motifs is 1. The number of rotatable bonds is 5. The predicted octanol–water partition coefficient (Wildman–Crippen LogP) is 1.27. The molecule has 0 bridgehead atoms. The minimum atomic E-state index is -0.506. The summed E-state index contributed by atoms with van der Waals surface area (Å²) in [6.45, 7) is 2.58. The van der Waals surface area contributed by atoms with Gasteiger partial charge in [0.25, 0.3) is 0 Å². The molecule has 110 valence electrons. The van der Waals surface area contributed by atoms with E-state index in [0.717, 1.165) is 31.0 Å². The van der Waals surface area contributed by atoms with E-state index in [1.54, 1.807) is 6.33 Å². The summed E-state index contributed by atoms with van der Waals surface area (Å²) in [7, 11) is 0. The van der Waals surface area contributed by atoms with Crippen molar-refractivity contribution < 1.29 is 9.84 Å². The Balaban J connectivity index is 1.49. The molecule has 2 aromatic rings. The second-order valence-corrected chi connectivity index (χ2v) is 5.26. The summed E-state index contributed by atoms with van der Waals surface area (Å²) in [6, 6.07) is 9.56. The third kappa shape index (κ3) is 3.77. The summed E-state index contributed by atoms with van der Waals surface area (Å²) in [4.78, 5) is 10.6. The van der Waals surface area contributed by atoms with Crippen LogP contribution in [-0.4, -0.2) is 45.8 Å². The Morgan fingerprint density at radius 3 is 3.00 bits per heavy atom. The molecule has 1 N–H and O–H groups in total. The van der Waals surface area contributed by atoms with Crippen molar-refractivity contribution in [1.82, 2.24) is 14.9 Å². The van der Waals surface area contributed by atoms with Gasteiger partial charge in [0, 0.05) is 25.8 Å². The lowest BCUT2D eigenvalue weighted by molar-refractivity contribution is 0.0632. The molecule has 0 aliphatic carbocycles. The summed E-state index contributed by atoms with van der Waals surface area (Å²) < 4.78 is 5.58. The van der Waals surface area contributed by atoms with Crippen molar-refractivity contribution in [3.05, 3.63) is 54.1 Å². The molecular weight excluding hydrogens is 266 g/mol. The van der Waals surface area contributed by atoms with Crippen molar-refractivity contribution in [2.75, 3.05) is 19.7 Å². The SMILES string of the molecule is O[C@@H](COc1ccccc1)CN1CCc2cncnc2C1. The van der Waals surface area contributed by atoms with E-state index in [1.165, 1.54) is 5.56 Å². The topological polar surface area (TPSA) is 58.5 Å². The molecule has 1 atom stereocenters. The normalized spacial score (nSPS) is 16.2. The molecule has 1 aromatic carbocycles. The summed E-state index contributed by atoms with van der Waals surface area (Å²) in [6.07, 6.45) is 3.89. The second kappa shape index (κ2) is 6.65. The van der Waals surface area contributed by atoms with Crippen molar-refractivity contribution in [1.29, 1.82) is 0 Å². The van der Waals surface area contributed by atoms with Crippen LogP contribution in [0.4, 0.5) is 0 Å². The maximum atomic E-state index is 10.1. The number of aliphatic hydroxyl groups is 1. The Labute approximate surface area is 124 Å². The van der Waals surface area contributed by atoms with Gasteiger partial charge >= 0.3 is 0 Å². The van der Waals surface area contributed by atoms with Gasteiger partial charge in [-0.05, 0) is 24.1 Å². The Morgan fingerprint density at radius 1 is 1.29 bits per heavy atom. The molecule has 1 aliphatic rings. The van der Waals surface area contributed by atoms with Gasteiger partial charge in [-0.1, -0.05) is 18.2 Å². The number of nitrogens with zero attached hydrogens (tertiary/aromatic N) is 3. The van der Waals surface area contributed by atoms with Gasteiger partial charge in [-0.3, -0.25) is 4.90 Å². The van der Waals surface area contributed by atoms with E-state index in [4.69, 9.17) is 4.74 Å². The maximum Gasteiger partial charge on any atom is 0.119 e. The lowest BCUT2D eigenvalue weighted by Crippen LogP contribution is -2.39. The van der Waals surface area contributed by atoms with E-state index < -0.39 is 6.10 Å². The fourth-order valence-electron chi connectivity index (χ4n) is 2.52. The predicted molar refractivity (Wildman–Crippen MR) is 79.0 cm³/mol. The largest absolute Gasteiger partial charge is 0.491 e. The number of β-amino-alcohol motifs (C(OH)–C–C–N with tert-alkyl or cyclic N) is 1. The summed E-state index contributed by atoms with van der Waals surface area (Å²) in [5.41, 5.74) is 2.27. The van der Waals surface area contributed by atoms with Crippen molar-refractivity contribution in [2.45, 2.75) is 19.1 Å².